The molecule has 0 spiro atoms. The summed E-state index contributed by atoms with van der Waals surface area (Å²) in [5.41, 5.74) is -0.296. The Kier molecular flexibility index (Phi) is 7.15. The van der Waals surface area contributed by atoms with Gasteiger partial charge in [-0.15, -0.1) is 0 Å². The molecule has 1 saturated carbocycles. The van der Waals surface area contributed by atoms with E-state index in [-0.39, 0.29) is 11.5 Å². The summed E-state index contributed by atoms with van der Waals surface area (Å²) in [4.78, 5) is 23.2. The Bertz CT molecular complexity index is 343. The number of amides is 1. The van der Waals surface area contributed by atoms with Crippen LogP contribution in [0.3, 0.4) is 0 Å². The molecule has 1 fully saturated rings. The molecule has 0 heterocycles. The van der Waals surface area contributed by atoms with Crippen LogP contribution in [0.1, 0.15) is 65.7 Å². The molecule has 0 aliphatic heterocycles. The number of carboxylic acid groups (broad SMARTS) is 1. The third-order valence-electron chi connectivity index (χ3n) is 3.77. The molecule has 0 saturated heterocycles. The van der Waals surface area contributed by atoms with Crippen molar-refractivity contribution in [1.82, 2.24) is 5.32 Å². The molecular formula is C16H29NO4. The Morgan fingerprint density at radius 2 is 1.86 bits per heavy atom. The zero-order valence-corrected chi connectivity index (χ0v) is 13.5. The maximum absolute atomic E-state index is 12.0. The molecule has 0 aromatic heterocycles. The van der Waals surface area contributed by atoms with E-state index in [1.54, 1.807) is 0 Å². The number of hydrogen-bond donors (Lipinski definition) is 2. The van der Waals surface area contributed by atoms with Crippen LogP contribution in [0.2, 0.25) is 0 Å². The van der Waals surface area contributed by atoms with Gasteiger partial charge < -0.3 is 15.2 Å². The number of ether oxygens (including phenoxy) is 1. The summed E-state index contributed by atoms with van der Waals surface area (Å²) in [5, 5.41) is 11.8. The number of carbonyl (C=O) groups is 2. The van der Waals surface area contributed by atoms with E-state index in [0.29, 0.717) is 25.4 Å². The van der Waals surface area contributed by atoms with Crippen LogP contribution in [0.15, 0.2) is 0 Å². The van der Waals surface area contributed by atoms with Crippen molar-refractivity contribution in [3.8, 4) is 0 Å². The largest absolute Gasteiger partial charge is 0.480 e. The van der Waals surface area contributed by atoms with Crippen LogP contribution in [0, 0.1) is 5.92 Å². The van der Waals surface area contributed by atoms with Crippen molar-refractivity contribution in [1.29, 1.82) is 0 Å². The molecule has 0 aromatic rings. The average molecular weight is 299 g/mol. The molecule has 2 N–H and O–H groups in total. The number of carboxylic acids is 1. The lowest BCUT2D eigenvalue weighted by Gasteiger charge is -2.23. The smallest absolute Gasteiger partial charge is 0.326 e. The minimum Gasteiger partial charge on any atom is -0.480 e. The van der Waals surface area contributed by atoms with E-state index in [4.69, 9.17) is 4.74 Å². The average Bonchev–Trinajstić information content (AvgIpc) is 2.37. The van der Waals surface area contributed by atoms with Gasteiger partial charge in [0.15, 0.2) is 0 Å². The summed E-state index contributed by atoms with van der Waals surface area (Å²) < 4.78 is 5.53. The maximum atomic E-state index is 12.0. The molecule has 5 heteroatoms. The molecule has 1 atom stereocenters. The van der Waals surface area contributed by atoms with Crippen molar-refractivity contribution in [3.63, 3.8) is 0 Å². The first-order chi connectivity index (χ1) is 9.78. The van der Waals surface area contributed by atoms with Gasteiger partial charge in [0.2, 0.25) is 5.91 Å². The van der Waals surface area contributed by atoms with Crippen LogP contribution < -0.4 is 5.32 Å². The molecule has 1 rings (SSSR count). The van der Waals surface area contributed by atoms with Gasteiger partial charge in [0, 0.05) is 19.4 Å². The highest BCUT2D eigenvalue weighted by Crippen LogP contribution is 2.26. The lowest BCUT2D eigenvalue weighted by Crippen LogP contribution is -2.42. The summed E-state index contributed by atoms with van der Waals surface area (Å²) in [6.45, 7) is 6.09. The quantitative estimate of drug-likeness (QED) is 0.758. The maximum Gasteiger partial charge on any atom is 0.326 e. The summed E-state index contributed by atoms with van der Waals surface area (Å²) in [6.07, 6.45) is 6.52. The third kappa shape index (κ3) is 8.05. The molecule has 1 unspecified atom stereocenters. The molecule has 0 bridgehead atoms. The van der Waals surface area contributed by atoms with Crippen molar-refractivity contribution >= 4 is 11.9 Å². The number of nitrogens with one attached hydrogen (secondary N) is 1. The minimum absolute atomic E-state index is 0.148. The molecule has 0 radical (unpaired) electrons. The van der Waals surface area contributed by atoms with E-state index in [1.807, 2.05) is 20.8 Å². The lowest BCUT2D eigenvalue weighted by atomic mass is 9.87. The van der Waals surface area contributed by atoms with E-state index in [1.165, 1.54) is 19.3 Å². The van der Waals surface area contributed by atoms with Gasteiger partial charge in [-0.25, -0.2) is 4.79 Å². The summed E-state index contributed by atoms with van der Waals surface area (Å²) >= 11 is 0. The fourth-order valence-electron chi connectivity index (χ4n) is 2.65. The standard InChI is InChI=1S/C16H29NO4/c1-16(2,3)21-10-9-13(15(19)20)17-14(18)11-12-7-5-4-6-8-12/h12-13H,4-11H2,1-3H3,(H,17,18)(H,19,20). The molecule has 5 nitrogen and oxygen atoms in total. The summed E-state index contributed by atoms with van der Waals surface area (Å²) in [6, 6.07) is -0.858. The van der Waals surface area contributed by atoms with Crippen molar-refractivity contribution in [3.05, 3.63) is 0 Å². The van der Waals surface area contributed by atoms with E-state index in [2.05, 4.69) is 5.32 Å². The van der Waals surface area contributed by atoms with Gasteiger partial charge in [0.1, 0.15) is 6.04 Å². The zero-order valence-electron chi connectivity index (χ0n) is 13.5. The first kappa shape index (κ1) is 18.0. The van der Waals surface area contributed by atoms with Gasteiger partial charge in [0.05, 0.1) is 5.60 Å². The normalized spacial score (nSPS) is 18.2. The van der Waals surface area contributed by atoms with Crippen LogP contribution in [-0.2, 0) is 14.3 Å². The Labute approximate surface area is 127 Å². The highest BCUT2D eigenvalue weighted by atomic mass is 16.5. The van der Waals surface area contributed by atoms with Gasteiger partial charge in [-0.05, 0) is 39.5 Å². The van der Waals surface area contributed by atoms with E-state index in [0.717, 1.165) is 12.8 Å². The van der Waals surface area contributed by atoms with Gasteiger partial charge in [-0.2, -0.15) is 0 Å². The predicted molar refractivity (Wildman–Crippen MR) is 81.1 cm³/mol. The van der Waals surface area contributed by atoms with Crippen LogP contribution in [0.5, 0.6) is 0 Å². The highest BCUT2D eigenvalue weighted by molar-refractivity contribution is 5.83. The topological polar surface area (TPSA) is 75.6 Å². The molecule has 1 aliphatic rings. The second-order valence-electron chi connectivity index (χ2n) is 6.92. The first-order valence-electron chi connectivity index (χ1n) is 7.94. The molecule has 1 aliphatic carbocycles. The van der Waals surface area contributed by atoms with Gasteiger partial charge in [-0.1, -0.05) is 19.3 Å². The fourth-order valence-corrected chi connectivity index (χ4v) is 2.65. The highest BCUT2D eigenvalue weighted by Gasteiger charge is 2.23. The fraction of sp³-hybridized carbons (Fsp3) is 0.875. The molecule has 122 valence electrons. The van der Waals surface area contributed by atoms with Crippen molar-refractivity contribution < 1.29 is 19.4 Å². The van der Waals surface area contributed by atoms with E-state index < -0.39 is 12.0 Å². The van der Waals surface area contributed by atoms with Crippen molar-refractivity contribution in [2.45, 2.75) is 77.4 Å². The van der Waals surface area contributed by atoms with E-state index in [9.17, 15) is 14.7 Å². The Morgan fingerprint density at radius 1 is 1.24 bits per heavy atom. The number of hydrogen-bond acceptors (Lipinski definition) is 3. The second-order valence-corrected chi connectivity index (χ2v) is 6.92. The monoisotopic (exact) mass is 299 g/mol. The second kappa shape index (κ2) is 8.37. The van der Waals surface area contributed by atoms with Gasteiger partial charge in [-0.3, -0.25) is 4.79 Å². The predicted octanol–water partition coefficient (Wildman–Crippen LogP) is 2.73. The summed E-state index contributed by atoms with van der Waals surface area (Å²) in [7, 11) is 0. The number of aliphatic carboxylic acids is 1. The lowest BCUT2D eigenvalue weighted by molar-refractivity contribution is -0.143. The number of rotatable bonds is 7. The first-order valence-corrected chi connectivity index (χ1v) is 7.94. The Morgan fingerprint density at radius 3 is 2.38 bits per heavy atom. The van der Waals surface area contributed by atoms with Crippen LogP contribution in [-0.4, -0.2) is 35.2 Å². The number of carbonyl (C=O) groups excluding carboxylic acids is 1. The van der Waals surface area contributed by atoms with Gasteiger partial charge >= 0.3 is 5.97 Å². The SMILES string of the molecule is CC(C)(C)OCCC(NC(=O)CC1CCCCC1)C(=O)O. The molecule has 1 amide bonds. The summed E-state index contributed by atoms with van der Waals surface area (Å²) in [5.74, 6) is -0.728. The molecule has 0 aromatic carbocycles. The van der Waals surface area contributed by atoms with Crippen LogP contribution in [0.25, 0.3) is 0 Å². The van der Waals surface area contributed by atoms with Crippen LogP contribution in [0.4, 0.5) is 0 Å². The zero-order chi connectivity index (χ0) is 15.9. The van der Waals surface area contributed by atoms with Crippen LogP contribution >= 0.6 is 0 Å². The minimum atomic E-state index is -0.996. The van der Waals surface area contributed by atoms with Crippen molar-refractivity contribution in [2.24, 2.45) is 5.92 Å². The van der Waals surface area contributed by atoms with Crippen molar-refractivity contribution in [2.75, 3.05) is 6.61 Å². The Hall–Kier alpha value is -1.10. The molecular weight excluding hydrogens is 270 g/mol. The van der Waals surface area contributed by atoms with E-state index >= 15 is 0 Å². The third-order valence-corrected chi connectivity index (χ3v) is 3.77. The van der Waals surface area contributed by atoms with Gasteiger partial charge in [0.25, 0.3) is 0 Å². The molecule has 21 heavy (non-hydrogen) atoms. The Balaban J connectivity index is 2.35.